The standard InChI is InChI=1S/C15H14O3/c16-12-4-3-5-13(8-12)17-9-11-10-18-15-7-2-1-6-14(11)15/h1-8,11,16H,9-10H2. The van der Waals surface area contributed by atoms with E-state index in [1.54, 1.807) is 18.2 Å². The second-order valence-corrected chi connectivity index (χ2v) is 4.35. The molecule has 0 fully saturated rings. The molecule has 3 rings (SSSR count). The first-order valence-corrected chi connectivity index (χ1v) is 5.96. The van der Waals surface area contributed by atoms with Crippen LogP contribution in [0.5, 0.6) is 17.2 Å². The summed E-state index contributed by atoms with van der Waals surface area (Å²) in [6, 6.07) is 14.9. The summed E-state index contributed by atoms with van der Waals surface area (Å²) < 4.78 is 11.3. The molecule has 3 nitrogen and oxygen atoms in total. The number of fused-ring (bicyclic) bond motifs is 1. The third kappa shape index (κ3) is 2.12. The molecule has 0 aromatic heterocycles. The van der Waals surface area contributed by atoms with Crippen LogP contribution in [0.2, 0.25) is 0 Å². The van der Waals surface area contributed by atoms with Crippen molar-refractivity contribution in [1.82, 2.24) is 0 Å². The monoisotopic (exact) mass is 242 g/mol. The van der Waals surface area contributed by atoms with E-state index in [-0.39, 0.29) is 11.7 Å². The molecule has 0 radical (unpaired) electrons. The van der Waals surface area contributed by atoms with E-state index in [0.717, 1.165) is 5.75 Å². The predicted octanol–water partition coefficient (Wildman–Crippen LogP) is 2.95. The molecule has 0 saturated heterocycles. The third-order valence-electron chi connectivity index (χ3n) is 3.07. The topological polar surface area (TPSA) is 38.7 Å². The minimum absolute atomic E-state index is 0.218. The number of hydrogen-bond donors (Lipinski definition) is 1. The molecular formula is C15H14O3. The molecule has 0 bridgehead atoms. The van der Waals surface area contributed by atoms with Gasteiger partial charge in [-0.3, -0.25) is 0 Å². The van der Waals surface area contributed by atoms with Crippen molar-refractivity contribution in [3.63, 3.8) is 0 Å². The van der Waals surface area contributed by atoms with Gasteiger partial charge in [-0.2, -0.15) is 0 Å². The molecule has 0 saturated carbocycles. The summed E-state index contributed by atoms with van der Waals surface area (Å²) in [5.41, 5.74) is 1.19. The van der Waals surface area contributed by atoms with Crippen LogP contribution in [0.3, 0.4) is 0 Å². The lowest BCUT2D eigenvalue weighted by Crippen LogP contribution is -2.11. The van der Waals surface area contributed by atoms with E-state index in [1.165, 1.54) is 5.56 Å². The van der Waals surface area contributed by atoms with Gasteiger partial charge in [-0.15, -0.1) is 0 Å². The Morgan fingerprint density at radius 2 is 2.06 bits per heavy atom. The Bertz CT molecular complexity index is 551. The first-order valence-electron chi connectivity index (χ1n) is 5.96. The molecule has 0 aliphatic carbocycles. The van der Waals surface area contributed by atoms with E-state index in [2.05, 4.69) is 6.07 Å². The van der Waals surface area contributed by atoms with Crippen LogP contribution in [0.1, 0.15) is 11.5 Å². The summed E-state index contributed by atoms with van der Waals surface area (Å²) in [5.74, 6) is 2.10. The van der Waals surface area contributed by atoms with Gasteiger partial charge in [-0.25, -0.2) is 0 Å². The van der Waals surface area contributed by atoms with Gasteiger partial charge in [0.25, 0.3) is 0 Å². The Kier molecular flexibility index (Phi) is 2.81. The molecule has 18 heavy (non-hydrogen) atoms. The Balaban J connectivity index is 1.69. The fourth-order valence-corrected chi connectivity index (χ4v) is 2.14. The van der Waals surface area contributed by atoms with Gasteiger partial charge < -0.3 is 14.6 Å². The molecule has 1 N–H and O–H groups in total. The molecule has 1 unspecified atom stereocenters. The third-order valence-corrected chi connectivity index (χ3v) is 3.07. The van der Waals surface area contributed by atoms with E-state index in [0.29, 0.717) is 19.0 Å². The van der Waals surface area contributed by atoms with Crippen molar-refractivity contribution in [2.45, 2.75) is 5.92 Å². The van der Waals surface area contributed by atoms with Crippen LogP contribution < -0.4 is 9.47 Å². The van der Waals surface area contributed by atoms with Crippen molar-refractivity contribution < 1.29 is 14.6 Å². The molecule has 0 amide bonds. The molecule has 2 aromatic rings. The molecule has 1 atom stereocenters. The summed E-state index contributed by atoms with van der Waals surface area (Å²) in [5, 5.41) is 9.36. The normalized spacial score (nSPS) is 17.0. The molecule has 92 valence electrons. The van der Waals surface area contributed by atoms with E-state index >= 15 is 0 Å². The Hall–Kier alpha value is -2.16. The van der Waals surface area contributed by atoms with Gasteiger partial charge >= 0.3 is 0 Å². The van der Waals surface area contributed by atoms with Crippen LogP contribution in [-0.4, -0.2) is 18.3 Å². The van der Waals surface area contributed by atoms with Crippen molar-refractivity contribution in [1.29, 1.82) is 0 Å². The van der Waals surface area contributed by atoms with E-state index in [4.69, 9.17) is 9.47 Å². The first kappa shape index (κ1) is 11.0. The zero-order valence-electron chi connectivity index (χ0n) is 9.87. The highest BCUT2D eigenvalue weighted by atomic mass is 16.5. The highest BCUT2D eigenvalue weighted by molar-refractivity contribution is 5.40. The number of benzene rings is 2. The lowest BCUT2D eigenvalue weighted by atomic mass is 10.0. The summed E-state index contributed by atoms with van der Waals surface area (Å²) in [6.07, 6.45) is 0. The van der Waals surface area contributed by atoms with Crippen LogP contribution in [-0.2, 0) is 0 Å². The second kappa shape index (κ2) is 4.61. The maximum absolute atomic E-state index is 9.36. The molecule has 2 aromatic carbocycles. The largest absolute Gasteiger partial charge is 0.508 e. The van der Waals surface area contributed by atoms with E-state index in [9.17, 15) is 5.11 Å². The molecule has 3 heteroatoms. The average molecular weight is 242 g/mol. The molecule has 1 heterocycles. The van der Waals surface area contributed by atoms with Crippen molar-refractivity contribution in [2.75, 3.05) is 13.2 Å². The van der Waals surface area contributed by atoms with Crippen molar-refractivity contribution in [3.05, 3.63) is 54.1 Å². The maximum Gasteiger partial charge on any atom is 0.123 e. The average Bonchev–Trinajstić information content (AvgIpc) is 2.80. The maximum atomic E-state index is 9.36. The number of phenolic OH excluding ortho intramolecular Hbond substituents is 1. The van der Waals surface area contributed by atoms with Crippen LogP contribution in [0.15, 0.2) is 48.5 Å². The van der Waals surface area contributed by atoms with Crippen LogP contribution >= 0.6 is 0 Å². The van der Waals surface area contributed by atoms with Gasteiger partial charge in [0.1, 0.15) is 17.2 Å². The highest BCUT2D eigenvalue weighted by Gasteiger charge is 2.24. The summed E-state index contributed by atoms with van der Waals surface area (Å²) in [7, 11) is 0. The summed E-state index contributed by atoms with van der Waals surface area (Å²) in [4.78, 5) is 0. The predicted molar refractivity (Wildman–Crippen MR) is 68.3 cm³/mol. The SMILES string of the molecule is Oc1cccc(OCC2COc3ccccc32)c1. The summed E-state index contributed by atoms with van der Waals surface area (Å²) in [6.45, 7) is 1.21. The van der Waals surface area contributed by atoms with Crippen LogP contribution in [0.25, 0.3) is 0 Å². The zero-order chi connectivity index (χ0) is 12.4. The van der Waals surface area contributed by atoms with E-state index < -0.39 is 0 Å². The number of phenols is 1. The minimum atomic E-state index is 0.218. The van der Waals surface area contributed by atoms with Gasteiger partial charge in [-0.1, -0.05) is 24.3 Å². The molecular weight excluding hydrogens is 228 g/mol. The number of ether oxygens (including phenoxy) is 2. The number of aromatic hydroxyl groups is 1. The lowest BCUT2D eigenvalue weighted by molar-refractivity contribution is 0.248. The van der Waals surface area contributed by atoms with Gasteiger partial charge in [0, 0.05) is 11.6 Å². The Morgan fingerprint density at radius 3 is 2.94 bits per heavy atom. The molecule has 1 aliphatic rings. The quantitative estimate of drug-likeness (QED) is 0.899. The summed E-state index contributed by atoms with van der Waals surface area (Å²) >= 11 is 0. The second-order valence-electron chi connectivity index (χ2n) is 4.35. The van der Waals surface area contributed by atoms with Gasteiger partial charge in [0.05, 0.1) is 19.1 Å². The first-order chi connectivity index (χ1) is 8.83. The lowest BCUT2D eigenvalue weighted by Gasteiger charge is -2.11. The fraction of sp³-hybridized carbons (Fsp3) is 0.200. The van der Waals surface area contributed by atoms with Gasteiger partial charge in [0.2, 0.25) is 0 Å². The smallest absolute Gasteiger partial charge is 0.123 e. The molecule has 1 aliphatic heterocycles. The number of hydrogen-bond acceptors (Lipinski definition) is 3. The van der Waals surface area contributed by atoms with Crippen molar-refractivity contribution in [2.24, 2.45) is 0 Å². The number of para-hydroxylation sites is 1. The Labute approximate surface area is 106 Å². The van der Waals surface area contributed by atoms with Crippen molar-refractivity contribution in [3.8, 4) is 17.2 Å². The zero-order valence-corrected chi connectivity index (χ0v) is 9.87. The highest BCUT2D eigenvalue weighted by Crippen LogP contribution is 2.33. The minimum Gasteiger partial charge on any atom is -0.508 e. The van der Waals surface area contributed by atoms with Crippen LogP contribution in [0.4, 0.5) is 0 Å². The van der Waals surface area contributed by atoms with E-state index in [1.807, 2.05) is 24.3 Å². The Morgan fingerprint density at radius 1 is 1.17 bits per heavy atom. The molecule has 0 spiro atoms. The van der Waals surface area contributed by atoms with Crippen LogP contribution in [0, 0.1) is 0 Å². The number of rotatable bonds is 3. The van der Waals surface area contributed by atoms with Crippen molar-refractivity contribution >= 4 is 0 Å². The van der Waals surface area contributed by atoms with Gasteiger partial charge in [-0.05, 0) is 18.2 Å². The fourth-order valence-electron chi connectivity index (χ4n) is 2.14. The van der Waals surface area contributed by atoms with Gasteiger partial charge in [0.15, 0.2) is 0 Å².